The Morgan fingerprint density at radius 3 is 2.71 bits per heavy atom. The average Bonchev–Trinajstić information content (AvgIpc) is 2.89. The monoisotopic (exact) mass is 308 g/mol. The van der Waals surface area contributed by atoms with Crippen LogP contribution in [0.5, 0.6) is 0 Å². The average molecular weight is 308 g/mol. The van der Waals surface area contributed by atoms with Crippen molar-refractivity contribution in [3.63, 3.8) is 0 Å². The van der Waals surface area contributed by atoms with Gasteiger partial charge in [0.05, 0.1) is 6.54 Å². The van der Waals surface area contributed by atoms with Crippen LogP contribution in [0.4, 0.5) is 0 Å². The van der Waals surface area contributed by atoms with Crippen LogP contribution in [0.1, 0.15) is 69.2 Å². The normalized spacial score (nSPS) is 18.1. The fourth-order valence-corrected chi connectivity index (χ4v) is 3.88. The van der Waals surface area contributed by atoms with Crippen molar-refractivity contribution in [3.8, 4) is 0 Å². The molecule has 0 radical (unpaired) electrons. The predicted octanol–water partition coefficient (Wildman–Crippen LogP) is 4.02. The smallest absolute Gasteiger partial charge is 0.234 e. The van der Waals surface area contributed by atoms with Gasteiger partial charge in [-0.3, -0.25) is 4.79 Å². The van der Waals surface area contributed by atoms with Crippen LogP contribution in [-0.2, 0) is 4.79 Å². The molecule has 0 saturated heterocycles. The molecule has 2 rings (SSSR count). The molecule has 0 aliphatic heterocycles. The third-order valence-corrected chi connectivity index (χ3v) is 5.18. The Hall–Kier alpha value is -0.870. The summed E-state index contributed by atoms with van der Waals surface area (Å²) in [7, 11) is 0. The van der Waals surface area contributed by atoms with E-state index in [-0.39, 0.29) is 5.91 Å². The molecule has 1 amide bonds. The lowest BCUT2D eigenvalue weighted by molar-refractivity contribution is -0.121. The van der Waals surface area contributed by atoms with Gasteiger partial charge in [0, 0.05) is 17.0 Å². The molecule has 1 aliphatic carbocycles. The van der Waals surface area contributed by atoms with Gasteiger partial charge in [0.2, 0.25) is 5.91 Å². The lowest BCUT2D eigenvalue weighted by Crippen LogP contribution is -2.41. The SMILES string of the molecule is CCCC(NCC(=O)NC1CCCCCC1)c1cccs1. The van der Waals surface area contributed by atoms with Crippen LogP contribution in [0.2, 0.25) is 0 Å². The number of carbonyl (C=O) groups excluding carboxylic acids is 1. The maximum absolute atomic E-state index is 12.1. The van der Waals surface area contributed by atoms with E-state index < -0.39 is 0 Å². The van der Waals surface area contributed by atoms with Gasteiger partial charge >= 0.3 is 0 Å². The van der Waals surface area contributed by atoms with Crippen LogP contribution >= 0.6 is 11.3 Å². The highest BCUT2D eigenvalue weighted by Gasteiger charge is 2.16. The van der Waals surface area contributed by atoms with Gasteiger partial charge in [-0.25, -0.2) is 0 Å². The standard InChI is InChI=1S/C17H28N2OS/c1-2-8-15(16-11-7-12-21-16)18-13-17(20)19-14-9-5-3-4-6-10-14/h7,11-12,14-15,18H,2-6,8-10,13H2,1H3,(H,19,20). The zero-order valence-corrected chi connectivity index (χ0v) is 13.9. The molecule has 1 aliphatic rings. The fraction of sp³-hybridized carbons (Fsp3) is 0.706. The molecule has 1 heterocycles. The van der Waals surface area contributed by atoms with Crippen molar-refractivity contribution in [2.75, 3.05) is 6.54 Å². The van der Waals surface area contributed by atoms with Gasteiger partial charge in [-0.2, -0.15) is 0 Å². The van der Waals surface area contributed by atoms with Gasteiger partial charge in [0.15, 0.2) is 0 Å². The van der Waals surface area contributed by atoms with Crippen molar-refractivity contribution in [2.24, 2.45) is 0 Å². The zero-order valence-electron chi connectivity index (χ0n) is 13.1. The van der Waals surface area contributed by atoms with Gasteiger partial charge in [-0.05, 0) is 30.7 Å². The molecule has 1 saturated carbocycles. The van der Waals surface area contributed by atoms with Crippen molar-refractivity contribution in [2.45, 2.75) is 70.4 Å². The molecular formula is C17H28N2OS. The minimum Gasteiger partial charge on any atom is -0.352 e. The summed E-state index contributed by atoms with van der Waals surface area (Å²) in [6.45, 7) is 2.62. The van der Waals surface area contributed by atoms with E-state index in [9.17, 15) is 4.79 Å². The van der Waals surface area contributed by atoms with Crippen molar-refractivity contribution in [1.82, 2.24) is 10.6 Å². The lowest BCUT2D eigenvalue weighted by Gasteiger charge is -2.19. The van der Waals surface area contributed by atoms with Crippen LogP contribution in [0.3, 0.4) is 0 Å². The molecule has 2 N–H and O–H groups in total. The first-order valence-electron chi connectivity index (χ1n) is 8.35. The van der Waals surface area contributed by atoms with E-state index in [1.165, 1.54) is 30.6 Å². The number of nitrogens with one attached hydrogen (secondary N) is 2. The summed E-state index contributed by atoms with van der Waals surface area (Å²) in [4.78, 5) is 13.5. The topological polar surface area (TPSA) is 41.1 Å². The van der Waals surface area contributed by atoms with Crippen LogP contribution < -0.4 is 10.6 Å². The molecular weight excluding hydrogens is 280 g/mol. The molecule has 0 aromatic carbocycles. The van der Waals surface area contributed by atoms with Crippen LogP contribution in [0, 0.1) is 0 Å². The van der Waals surface area contributed by atoms with E-state index in [0.717, 1.165) is 25.7 Å². The highest BCUT2D eigenvalue weighted by molar-refractivity contribution is 7.10. The molecule has 1 unspecified atom stereocenters. The van der Waals surface area contributed by atoms with Gasteiger partial charge in [0.25, 0.3) is 0 Å². The molecule has 1 atom stereocenters. The first-order chi connectivity index (χ1) is 10.3. The van der Waals surface area contributed by atoms with Gasteiger partial charge < -0.3 is 10.6 Å². The van der Waals surface area contributed by atoms with E-state index in [0.29, 0.717) is 18.6 Å². The van der Waals surface area contributed by atoms with Gasteiger partial charge in [-0.15, -0.1) is 11.3 Å². The number of rotatable bonds is 7. The number of thiophene rings is 1. The fourth-order valence-electron chi connectivity index (χ4n) is 3.04. The summed E-state index contributed by atoms with van der Waals surface area (Å²) in [5, 5.41) is 8.73. The highest BCUT2D eigenvalue weighted by atomic mass is 32.1. The molecule has 1 aromatic heterocycles. The second kappa shape index (κ2) is 9.21. The van der Waals surface area contributed by atoms with Gasteiger partial charge in [-0.1, -0.05) is 45.1 Å². The second-order valence-corrected chi connectivity index (χ2v) is 6.97. The molecule has 1 aromatic rings. The number of amides is 1. The predicted molar refractivity (Wildman–Crippen MR) is 89.6 cm³/mol. The van der Waals surface area contributed by atoms with Crippen LogP contribution in [0.25, 0.3) is 0 Å². The summed E-state index contributed by atoms with van der Waals surface area (Å²) in [6.07, 6.45) is 9.66. The molecule has 0 bridgehead atoms. The minimum atomic E-state index is 0.152. The van der Waals surface area contributed by atoms with E-state index in [4.69, 9.17) is 0 Å². The first kappa shape index (κ1) is 16.5. The Kier molecular flexibility index (Phi) is 7.24. The van der Waals surface area contributed by atoms with Crippen molar-refractivity contribution in [1.29, 1.82) is 0 Å². The largest absolute Gasteiger partial charge is 0.352 e. The first-order valence-corrected chi connectivity index (χ1v) is 9.23. The zero-order chi connectivity index (χ0) is 14.9. The Labute approximate surface area is 132 Å². The molecule has 4 heteroatoms. The van der Waals surface area contributed by atoms with Crippen molar-refractivity contribution in [3.05, 3.63) is 22.4 Å². The quantitative estimate of drug-likeness (QED) is 0.747. The third kappa shape index (κ3) is 5.79. The maximum atomic E-state index is 12.1. The Morgan fingerprint density at radius 2 is 2.10 bits per heavy atom. The number of carbonyl (C=O) groups is 1. The summed E-state index contributed by atoms with van der Waals surface area (Å²) in [5.41, 5.74) is 0. The summed E-state index contributed by atoms with van der Waals surface area (Å²) in [6, 6.07) is 4.94. The highest BCUT2D eigenvalue weighted by Crippen LogP contribution is 2.23. The summed E-state index contributed by atoms with van der Waals surface area (Å²) >= 11 is 1.77. The number of hydrogen-bond acceptors (Lipinski definition) is 3. The number of hydrogen-bond donors (Lipinski definition) is 2. The second-order valence-electron chi connectivity index (χ2n) is 5.99. The molecule has 118 valence electrons. The third-order valence-electron chi connectivity index (χ3n) is 4.19. The van der Waals surface area contributed by atoms with Crippen LogP contribution in [0.15, 0.2) is 17.5 Å². The Bertz CT molecular complexity index is 397. The summed E-state index contributed by atoms with van der Waals surface area (Å²) < 4.78 is 0. The molecule has 1 fully saturated rings. The van der Waals surface area contributed by atoms with Gasteiger partial charge in [0.1, 0.15) is 0 Å². The minimum absolute atomic E-state index is 0.152. The maximum Gasteiger partial charge on any atom is 0.234 e. The van der Waals surface area contributed by atoms with Crippen LogP contribution in [-0.4, -0.2) is 18.5 Å². The Morgan fingerprint density at radius 1 is 1.33 bits per heavy atom. The molecule has 21 heavy (non-hydrogen) atoms. The van der Waals surface area contributed by atoms with E-state index in [1.54, 1.807) is 11.3 Å². The van der Waals surface area contributed by atoms with Crippen molar-refractivity contribution >= 4 is 17.2 Å². The lowest BCUT2D eigenvalue weighted by atomic mass is 10.1. The van der Waals surface area contributed by atoms with E-state index >= 15 is 0 Å². The summed E-state index contributed by atoms with van der Waals surface area (Å²) in [5.74, 6) is 0.152. The van der Waals surface area contributed by atoms with E-state index in [2.05, 4.69) is 35.1 Å². The Balaban J connectivity index is 1.76. The molecule has 3 nitrogen and oxygen atoms in total. The van der Waals surface area contributed by atoms with Crippen molar-refractivity contribution < 1.29 is 4.79 Å². The molecule has 0 spiro atoms. The van der Waals surface area contributed by atoms with E-state index in [1.807, 2.05) is 0 Å².